The molecule has 0 saturated heterocycles. The van der Waals surface area contributed by atoms with E-state index in [0.717, 1.165) is 18.7 Å². The van der Waals surface area contributed by atoms with Gasteiger partial charge < -0.3 is 9.88 Å². The molecule has 98 valence electrons. The van der Waals surface area contributed by atoms with Crippen LogP contribution in [0.25, 0.3) is 0 Å². The third-order valence-corrected chi connectivity index (χ3v) is 4.27. The smallest absolute Gasteiger partial charge is 0.131 e. The second-order valence-corrected chi connectivity index (χ2v) is 5.50. The summed E-state index contributed by atoms with van der Waals surface area (Å²) in [6.45, 7) is 4.45. The first kappa shape index (κ1) is 13.3. The second-order valence-electron chi connectivity index (χ2n) is 4.52. The van der Waals surface area contributed by atoms with Crippen LogP contribution < -0.4 is 5.32 Å². The fourth-order valence-corrected chi connectivity index (χ4v) is 2.94. The zero-order chi connectivity index (χ0) is 13.0. The molecule has 0 spiro atoms. The summed E-state index contributed by atoms with van der Waals surface area (Å²) in [6, 6.07) is 5.02. The number of aryl methyl sites for hydroxylation is 1. The van der Waals surface area contributed by atoms with E-state index in [1.807, 2.05) is 12.4 Å². The van der Waals surface area contributed by atoms with Crippen molar-refractivity contribution in [2.75, 3.05) is 0 Å². The Morgan fingerprint density at radius 2 is 2.17 bits per heavy atom. The number of hydrogen-bond donors (Lipinski definition) is 1. The monoisotopic (exact) mass is 263 g/mol. The highest BCUT2D eigenvalue weighted by Crippen LogP contribution is 2.25. The Morgan fingerprint density at radius 3 is 2.67 bits per heavy atom. The van der Waals surface area contributed by atoms with Gasteiger partial charge in [-0.3, -0.25) is 0 Å². The Kier molecular flexibility index (Phi) is 4.55. The maximum absolute atomic E-state index is 4.50. The van der Waals surface area contributed by atoms with Crippen molar-refractivity contribution in [3.05, 3.63) is 40.6 Å². The van der Waals surface area contributed by atoms with Crippen LogP contribution >= 0.6 is 11.3 Å². The minimum absolute atomic E-state index is 0.204. The van der Waals surface area contributed by atoms with Crippen LogP contribution in [0.5, 0.6) is 0 Å². The second kappa shape index (κ2) is 6.16. The van der Waals surface area contributed by atoms with Gasteiger partial charge in [0.2, 0.25) is 0 Å². The molecular weight excluding hydrogens is 242 g/mol. The van der Waals surface area contributed by atoms with Gasteiger partial charge in [0.25, 0.3) is 0 Å². The molecule has 2 aromatic rings. The highest BCUT2D eigenvalue weighted by Gasteiger charge is 2.21. The molecule has 0 saturated carbocycles. The van der Waals surface area contributed by atoms with Crippen LogP contribution in [-0.4, -0.2) is 15.6 Å². The highest BCUT2D eigenvalue weighted by atomic mass is 32.1. The van der Waals surface area contributed by atoms with E-state index in [4.69, 9.17) is 0 Å². The molecule has 0 aliphatic heterocycles. The predicted octanol–water partition coefficient (Wildman–Crippen LogP) is 3.35. The maximum Gasteiger partial charge on any atom is 0.131 e. The maximum atomic E-state index is 4.50. The average molecular weight is 263 g/mol. The number of hydrogen-bond acceptors (Lipinski definition) is 3. The average Bonchev–Trinajstić information content (AvgIpc) is 3.03. The zero-order valence-corrected chi connectivity index (χ0v) is 12.1. The molecular formula is C14H21N3S. The van der Waals surface area contributed by atoms with E-state index in [1.165, 1.54) is 4.88 Å². The van der Waals surface area contributed by atoms with Gasteiger partial charge in [-0.05, 0) is 24.3 Å². The standard InChI is InChI=1S/C14H21N3S/c1-4-11(5-2)16-13(12-7-6-10-18-12)14-15-8-9-17(14)3/h6-11,13,16H,4-5H2,1-3H3. The molecule has 2 aromatic heterocycles. The van der Waals surface area contributed by atoms with Gasteiger partial charge in [0.1, 0.15) is 11.9 Å². The first-order chi connectivity index (χ1) is 8.76. The molecule has 1 unspecified atom stereocenters. The minimum Gasteiger partial charge on any atom is -0.336 e. The Labute approximate surface area is 113 Å². The van der Waals surface area contributed by atoms with Crippen LogP contribution in [0.1, 0.15) is 43.4 Å². The van der Waals surface area contributed by atoms with E-state index in [0.29, 0.717) is 6.04 Å². The summed E-state index contributed by atoms with van der Waals surface area (Å²) in [5, 5.41) is 5.85. The van der Waals surface area contributed by atoms with Crippen molar-refractivity contribution in [3.8, 4) is 0 Å². The molecule has 2 rings (SSSR count). The van der Waals surface area contributed by atoms with E-state index in [2.05, 4.69) is 53.3 Å². The number of nitrogens with one attached hydrogen (secondary N) is 1. The molecule has 18 heavy (non-hydrogen) atoms. The summed E-state index contributed by atoms with van der Waals surface area (Å²) in [6.07, 6.45) is 6.15. The molecule has 0 aliphatic carbocycles. The Morgan fingerprint density at radius 1 is 1.39 bits per heavy atom. The summed E-state index contributed by atoms with van der Waals surface area (Å²) in [5.41, 5.74) is 0. The van der Waals surface area contributed by atoms with Crippen molar-refractivity contribution >= 4 is 11.3 Å². The number of imidazole rings is 1. The topological polar surface area (TPSA) is 29.9 Å². The first-order valence-corrected chi connectivity index (χ1v) is 7.40. The molecule has 3 nitrogen and oxygen atoms in total. The van der Waals surface area contributed by atoms with Crippen molar-refractivity contribution in [1.82, 2.24) is 14.9 Å². The predicted molar refractivity (Wildman–Crippen MR) is 76.9 cm³/mol. The van der Waals surface area contributed by atoms with Gasteiger partial charge in [-0.1, -0.05) is 19.9 Å². The molecule has 4 heteroatoms. The number of nitrogens with zero attached hydrogens (tertiary/aromatic N) is 2. The van der Waals surface area contributed by atoms with Crippen LogP contribution in [0.3, 0.4) is 0 Å². The number of aromatic nitrogens is 2. The van der Waals surface area contributed by atoms with Crippen LogP contribution in [0.2, 0.25) is 0 Å². The third kappa shape index (κ3) is 2.82. The molecule has 0 radical (unpaired) electrons. The van der Waals surface area contributed by atoms with Gasteiger partial charge in [-0.2, -0.15) is 0 Å². The Bertz CT molecular complexity index is 457. The highest BCUT2D eigenvalue weighted by molar-refractivity contribution is 7.10. The van der Waals surface area contributed by atoms with E-state index >= 15 is 0 Å². The van der Waals surface area contributed by atoms with Crippen LogP contribution in [-0.2, 0) is 7.05 Å². The first-order valence-electron chi connectivity index (χ1n) is 6.52. The van der Waals surface area contributed by atoms with E-state index in [-0.39, 0.29) is 6.04 Å². The SMILES string of the molecule is CCC(CC)NC(c1cccs1)c1nccn1C. The normalized spacial score (nSPS) is 13.1. The van der Waals surface area contributed by atoms with Crippen molar-refractivity contribution in [3.63, 3.8) is 0 Å². The van der Waals surface area contributed by atoms with Gasteiger partial charge in [0, 0.05) is 30.4 Å². The van der Waals surface area contributed by atoms with Gasteiger partial charge in [-0.25, -0.2) is 4.98 Å². The largest absolute Gasteiger partial charge is 0.336 e. The van der Waals surface area contributed by atoms with Crippen LogP contribution in [0.4, 0.5) is 0 Å². The van der Waals surface area contributed by atoms with Crippen molar-refractivity contribution < 1.29 is 0 Å². The summed E-state index contributed by atoms with van der Waals surface area (Å²) in [7, 11) is 2.05. The zero-order valence-electron chi connectivity index (χ0n) is 11.3. The molecule has 0 aliphatic rings. The lowest BCUT2D eigenvalue weighted by Crippen LogP contribution is -2.33. The molecule has 1 atom stereocenters. The molecule has 0 bridgehead atoms. The summed E-state index contributed by atoms with van der Waals surface area (Å²) in [5.74, 6) is 1.09. The van der Waals surface area contributed by atoms with Gasteiger partial charge in [-0.15, -0.1) is 11.3 Å². The third-order valence-electron chi connectivity index (χ3n) is 3.33. The minimum atomic E-state index is 0.204. The van der Waals surface area contributed by atoms with Crippen molar-refractivity contribution in [2.24, 2.45) is 7.05 Å². The molecule has 0 fully saturated rings. The quantitative estimate of drug-likeness (QED) is 0.866. The van der Waals surface area contributed by atoms with E-state index in [9.17, 15) is 0 Å². The van der Waals surface area contributed by atoms with E-state index in [1.54, 1.807) is 11.3 Å². The van der Waals surface area contributed by atoms with E-state index < -0.39 is 0 Å². The molecule has 0 aromatic carbocycles. The lowest BCUT2D eigenvalue weighted by molar-refractivity contribution is 0.435. The summed E-state index contributed by atoms with van der Waals surface area (Å²) in [4.78, 5) is 5.83. The van der Waals surface area contributed by atoms with Crippen LogP contribution in [0.15, 0.2) is 29.9 Å². The lowest BCUT2D eigenvalue weighted by Gasteiger charge is -2.23. The van der Waals surface area contributed by atoms with Crippen molar-refractivity contribution in [1.29, 1.82) is 0 Å². The van der Waals surface area contributed by atoms with Gasteiger partial charge in [0.05, 0.1) is 0 Å². The molecule has 2 heterocycles. The van der Waals surface area contributed by atoms with Crippen LogP contribution in [0, 0.1) is 0 Å². The lowest BCUT2D eigenvalue weighted by atomic mass is 10.1. The van der Waals surface area contributed by atoms with Gasteiger partial charge in [0.15, 0.2) is 0 Å². The number of thiophene rings is 1. The molecule has 1 N–H and O–H groups in total. The molecule has 0 amide bonds. The summed E-state index contributed by atoms with van der Waals surface area (Å²) < 4.78 is 2.10. The van der Waals surface area contributed by atoms with Crippen molar-refractivity contribution in [2.45, 2.75) is 38.8 Å². The number of rotatable bonds is 6. The fourth-order valence-electron chi connectivity index (χ4n) is 2.15. The van der Waals surface area contributed by atoms with Gasteiger partial charge >= 0.3 is 0 Å². The summed E-state index contributed by atoms with van der Waals surface area (Å²) >= 11 is 1.79. The fraction of sp³-hybridized carbons (Fsp3) is 0.500. The Hall–Kier alpha value is -1.13. The Balaban J connectivity index is 2.27.